The SMILES string of the molecule is CC(C)NC(C)CC(C)(C)OCC(C)C(C)NC(C)C. The molecule has 20 heavy (non-hydrogen) atoms. The van der Waals surface area contributed by atoms with Crippen molar-refractivity contribution in [2.75, 3.05) is 6.61 Å². The summed E-state index contributed by atoms with van der Waals surface area (Å²) < 4.78 is 6.17. The number of rotatable bonds is 10. The number of ether oxygens (including phenoxy) is 1. The van der Waals surface area contributed by atoms with Gasteiger partial charge in [0, 0.05) is 24.2 Å². The number of hydrogen-bond donors (Lipinski definition) is 2. The van der Waals surface area contributed by atoms with E-state index < -0.39 is 0 Å². The van der Waals surface area contributed by atoms with Crippen LogP contribution in [-0.2, 0) is 4.74 Å². The predicted molar refractivity (Wildman–Crippen MR) is 89.3 cm³/mol. The first-order valence-corrected chi connectivity index (χ1v) is 8.19. The van der Waals surface area contributed by atoms with E-state index in [9.17, 15) is 0 Å². The van der Waals surface area contributed by atoms with E-state index in [-0.39, 0.29) is 5.60 Å². The van der Waals surface area contributed by atoms with Crippen molar-refractivity contribution in [2.24, 2.45) is 5.92 Å². The van der Waals surface area contributed by atoms with Crippen LogP contribution >= 0.6 is 0 Å². The molecule has 3 unspecified atom stereocenters. The van der Waals surface area contributed by atoms with E-state index in [0.29, 0.717) is 30.1 Å². The van der Waals surface area contributed by atoms with Crippen molar-refractivity contribution < 1.29 is 4.74 Å². The lowest BCUT2D eigenvalue weighted by Gasteiger charge is -2.32. The van der Waals surface area contributed by atoms with E-state index in [1.807, 2.05) is 0 Å². The molecular formula is C17H38N2O. The van der Waals surface area contributed by atoms with Crippen molar-refractivity contribution in [3.63, 3.8) is 0 Å². The Kier molecular flexibility index (Phi) is 8.96. The van der Waals surface area contributed by atoms with E-state index in [4.69, 9.17) is 4.74 Å². The molecule has 0 aromatic rings. The minimum atomic E-state index is -0.0763. The van der Waals surface area contributed by atoms with Crippen molar-refractivity contribution in [1.29, 1.82) is 0 Å². The smallest absolute Gasteiger partial charge is 0.0641 e. The van der Waals surface area contributed by atoms with Crippen LogP contribution in [0.15, 0.2) is 0 Å². The Morgan fingerprint density at radius 3 is 1.80 bits per heavy atom. The zero-order valence-electron chi connectivity index (χ0n) is 15.2. The standard InChI is InChI=1S/C17H38N2O/c1-12(2)18-15(6)10-17(8,9)20-11-14(5)16(7)19-13(3)4/h12-16,18-19H,10-11H2,1-9H3. The first-order chi connectivity index (χ1) is 9.03. The highest BCUT2D eigenvalue weighted by molar-refractivity contribution is 4.78. The van der Waals surface area contributed by atoms with E-state index in [1.165, 1.54) is 0 Å². The van der Waals surface area contributed by atoms with Crippen LogP contribution in [0.3, 0.4) is 0 Å². The number of nitrogens with one attached hydrogen (secondary N) is 2. The Labute approximate surface area is 127 Å². The van der Waals surface area contributed by atoms with Crippen molar-refractivity contribution in [3.8, 4) is 0 Å². The summed E-state index contributed by atoms with van der Waals surface area (Å²) >= 11 is 0. The summed E-state index contributed by atoms with van der Waals surface area (Å²) in [6.45, 7) is 20.7. The quantitative estimate of drug-likeness (QED) is 0.644. The fourth-order valence-corrected chi connectivity index (χ4v) is 2.62. The zero-order chi connectivity index (χ0) is 15.9. The van der Waals surface area contributed by atoms with Crippen LogP contribution < -0.4 is 10.6 Å². The Morgan fingerprint density at radius 1 is 0.850 bits per heavy atom. The van der Waals surface area contributed by atoms with Crippen molar-refractivity contribution in [1.82, 2.24) is 10.6 Å². The predicted octanol–water partition coefficient (Wildman–Crippen LogP) is 3.58. The van der Waals surface area contributed by atoms with E-state index in [1.54, 1.807) is 0 Å². The van der Waals surface area contributed by atoms with Gasteiger partial charge in [0.1, 0.15) is 0 Å². The fraction of sp³-hybridized carbons (Fsp3) is 1.00. The second kappa shape index (κ2) is 9.01. The van der Waals surface area contributed by atoms with E-state index in [2.05, 4.69) is 72.9 Å². The fourth-order valence-electron chi connectivity index (χ4n) is 2.62. The highest BCUT2D eigenvalue weighted by Crippen LogP contribution is 2.19. The zero-order valence-corrected chi connectivity index (χ0v) is 15.2. The molecule has 0 fully saturated rings. The summed E-state index contributed by atoms with van der Waals surface area (Å²) in [7, 11) is 0. The Hall–Kier alpha value is -0.120. The third-order valence-corrected chi connectivity index (χ3v) is 3.60. The summed E-state index contributed by atoms with van der Waals surface area (Å²) in [4.78, 5) is 0. The lowest BCUT2D eigenvalue weighted by atomic mass is 9.98. The van der Waals surface area contributed by atoms with Gasteiger partial charge >= 0.3 is 0 Å². The Balaban J connectivity index is 4.13. The molecule has 122 valence electrons. The van der Waals surface area contributed by atoms with Gasteiger partial charge in [0.05, 0.1) is 12.2 Å². The lowest BCUT2D eigenvalue weighted by Crippen LogP contribution is -2.42. The molecule has 0 bridgehead atoms. The molecule has 0 aliphatic carbocycles. The van der Waals surface area contributed by atoms with Crippen LogP contribution in [-0.4, -0.2) is 36.4 Å². The first kappa shape index (κ1) is 19.9. The summed E-state index contributed by atoms with van der Waals surface area (Å²) in [5, 5.41) is 7.10. The van der Waals surface area contributed by atoms with Gasteiger partial charge in [-0.3, -0.25) is 0 Å². The molecule has 0 saturated carbocycles. The second-order valence-electron chi connectivity index (χ2n) is 7.58. The molecule has 0 rings (SSSR count). The highest BCUT2D eigenvalue weighted by atomic mass is 16.5. The van der Waals surface area contributed by atoms with Gasteiger partial charge < -0.3 is 15.4 Å². The van der Waals surface area contributed by atoms with Crippen molar-refractivity contribution in [3.05, 3.63) is 0 Å². The van der Waals surface area contributed by atoms with Crippen LogP contribution in [0, 0.1) is 5.92 Å². The maximum Gasteiger partial charge on any atom is 0.0641 e. The largest absolute Gasteiger partial charge is 0.375 e. The molecule has 0 aromatic carbocycles. The van der Waals surface area contributed by atoms with Crippen LogP contribution in [0.1, 0.15) is 68.7 Å². The molecule has 0 amide bonds. The monoisotopic (exact) mass is 286 g/mol. The molecule has 0 aliphatic heterocycles. The summed E-state index contributed by atoms with van der Waals surface area (Å²) in [5.74, 6) is 0.519. The molecule has 0 aliphatic rings. The van der Waals surface area contributed by atoms with Crippen molar-refractivity contribution >= 4 is 0 Å². The minimum Gasteiger partial charge on any atom is -0.375 e. The summed E-state index contributed by atoms with van der Waals surface area (Å²) in [5.41, 5.74) is -0.0763. The average molecular weight is 287 g/mol. The van der Waals surface area contributed by atoms with Crippen LogP contribution in [0.2, 0.25) is 0 Å². The van der Waals surface area contributed by atoms with E-state index in [0.717, 1.165) is 13.0 Å². The topological polar surface area (TPSA) is 33.3 Å². The molecular weight excluding hydrogens is 248 g/mol. The first-order valence-electron chi connectivity index (χ1n) is 8.19. The summed E-state index contributed by atoms with van der Waals surface area (Å²) in [6.07, 6.45) is 1.03. The molecule has 3 heteroatoms. The van der Waals surface area contributed by atoms with E-state index >= 15 is 0 Å². The van der Waals surface area contributed by atoms with Crippen LogP contribution in [0.5, 0.6) is 0 Å². The van der Waals surface area contributed by atoms with Crippen LogP contribution in [0.25, 0.3) is 0 Å². The molecule has 0 heterocycles. The molecule has 0 saturated heterocycles. The van der Waals surface area contributed by atoms with Gasteiger partial charge in [-0.05, 0) is 40.0 Å². The normalized spacial score (nSPS) is 17.6. The van der Waals surface area contributed by atoms with Gasteiger partial charge in [0.2, 0.25) is 0 Å². The average Bonchev–Trinajstić information content (AvgIpc) is 2.22. The van der Waals surface area contributed by atoms with Gasteiger partial charge in [-0.15, -0.1) is 0 Å². The third-order valence-electron chi connectivity index (χ3n) is 3.60. The Bertz CT molecular complexity index is 251. The molecule has 3 nitrogen and oxygen atoms in total. The van der Waals surface area contributed by atoms with Crippen molar-refractivity contribution in [2.45, 2.75) is 98.5 Å². The minimum absolute atomic E-state index is 0.0763. The van der Waals surface area contributed by atoms with Gasteiger partial charge in [0.15, 0.2) is 0 Å². The van der Waals surface area contributed by atoms with Gasteiger partial charge in [0.25, 0.3) is 0 Å². The number of hydrogen-bond acceptors (Lipinski definition) is 3. The molecule has 0 aromatic heterocycles. The maximum absolute atomic E-state index is 6.17. The summed E-state index contributed by atoms with van der Waals surface area (Å²) in [6, 6.07) is 2.01. The molecule has 0 radical (unpaired) electrons. The third kappa shape index (κ3) is 9.73. The van der Waals surface area contributed by atoms with Crippen LogP contribution in [0.4, 0.5) is 0 Å². The maximum atomic E-state index is 6.17. The van der Waals surface area contributed by atoms with Gasteiger partial charge in [-0.2, -0.15) is 0 Å². The molecule has 0 spiro atoms. The molecule has 3 atom stereocenters. The molecule has 2 N–H and O–H groups in total. The van der Waals surface area contributed by atoms with Gasteiger partial charge in [-0.25, -0.2) is 0 Å². The Morgan fingerprint density at radius 2 is 1.35 bits per heavy atom. The van der Waals surface area contributed by atoms with Gasteiger partial charge in [-0.1, -0.05) is 34.6 Å². The highest BCUT2D eigenvalue weighted by Gasteiger charge is 2.24. The second-order valence-corrected chi connectivity index (χ2v) is 7.58. The lowest BCUT2D eigenvalue weighted by molar-refractivity contribution is -0.0474.